The molecule has 0 aromatic heterocycles. The molecule has 2 aliphatic rings. The van der Waals surface area contributed by atoms with Gasteiger partial charge in [-0.15, -0.1) is 6.58 Å². The van der Waals surface area contributed by atoms with Crippen LogP contribution in [0.15, 0.2) is 152 Å². The van der Waals surface area contributed by atoms with Crippen molar-refractivity contribution < 1.29 is 28.6 Å². The lowest BCUT2D eigenvalue weighted by molar-refractivity contribution is -0.194. The number of esters is 2. The SMILES string of the molecule is C=C[C@@H]1CC(C(=O)OC(c2ccccc2)c2ccccc2)(C(=O)OC(c2ccccc2)c2ccccc2)[C@]2(O1)C(=O)N(C)c1ccc(Cl)cc12. The fourth-order valence-electron chi connectivity index (χ4n) is 7.14. The number of fused-ring (bicyclic) bond motifs is 2. The first-order valence-electron chi connectivity index (χ1n) is 16.3. The highest BCUT2D eigenvalue weighted by Crippen LogP contribution is 2.61. The summed E-state index contributed by atoms with van der Waals surface area (Å²) in [4.78, 5) is 46.8. The smallest absolute Gasteiger partial charge is 0.328 e. The van der Waals surface area contributed by atoms with Crippen molar-refractivity contribution in [2.45, 2.75) is 30.3 Å². The van der Waals surface area contributed by atoms with Crippen molar-refractivity contribution in [3.8, 4) is 0 Å². The van der Waals surface area contributed by atoms with Gasteiger partial charge in [-0.05, 0) is 40.5 Å². The molecule has 7 rings (SSSR count). The number of amides is 1. The van der Waals surface area contributed by atoms with E-state index in [0.29, 0.717) is 33.0 Å². The Morgan fingerprint density at radius 2 is 1.18 bits per heavy atom. The number of anilines is 1. The van der Waals surface area contributed by atoms with Crippen LogP contribution in [0.25, 0.3) is 0 Å². The van der Waals surface area contributed by atoms with Crippen molar-refractivity contribution in [3.05, 3.63) is 185 Å². The zero-order valence-corrected chi connectivity index (χ0v) is 28.0. The van der Waals surface area contributed by atoms with Crippen molar-refractivity contribution >= 4 is 35.1 Å². The van der Waals surface area contributed by atoms with E-state index < -0.39 is 47.2 Å². The maximum absolute atomic E-state index is 15.3. The van der Waals surface area contributed by atoms with Crippen LogP contribution in [0.2, 0.25) is 5.02 Å². The first-order chi connectivity index (χ1) is 24.3. The Morgan fingerprint density at radius 1 is 0.760 bits per heavy atom. The molecule has 50 heavy (non-hydrogen) atoms. The van der Waals surface area contributed by atoms with Crippen LogP contribution in [-0.4, -0.2) is 31.0 Å². The summed E-state index contributed by atoms with van der Waals surface area (Å²) in [6, 6.07) is 41.8. The fraction of sp³-hybridized carbons (Fsp3) is 0.167. The first-order valence-corrected chi connectivity index (χ1v) is 16.7. The van der Waals surface area contributed by atoms with Crippen LogP contribution < -0.4 is 4.90 Å². The number of likely N-dealkylation sites (N-methyl/N-ethyl adjacent to an activating group) is 1. The Labute approximate surface area is 295 Å². The number of hydrogen-bond acceptors (Lipinski definition) is 6. The van der Waals surface area contributed by atoms with Crippen molar-refractivity contribution in [1.82, 2.24) is 0 Å². The number of hydrogen-bond donors (Lipinski definition) is 0. The average molecular weight is 684 g/mol. The van der Waals surface area contributed by atoms with Gasteiger partial charge in [0.1, 0.15) is 0 Å². The highest BCUT2D eigenvalue weighted by Gasteiger charge is 2.77. The minimum Gasteiger partial charge on any atom is -0.452 e. The molecular weight excluding hydrogens is 650 g/mol. The Morgan fingerprint density at radius 3 is 1.58 bits per heavy atom. The van der Waals surface area contributed by atoms with Crippen LogP contribution in [0.4, 0.5) is 5.69 Å². The third kappa shape index (κ3) is 5.39. The summed E-state index contributed by atoms with van der Waals surface area (Å²) in [5.41, 5.74) is -1.12. The topological polar surface area (TPSA) is 82.1 Å². The second kappa shape index (κ2) is 13.4. The lowest BCUT2D eigenvalue weighted by Crippen LogP contribution is -2.59. The lowest BCUT2D eigenvalue weighted by atomic mass is 9.67. The molecule has 0 unspecified atom stereocenters. The average Bonchev–Trinajstić information content (AvgIpc) is 3.63. The summed E-state index contributed by atoms with van der Waals surface area (Å²) in [7, 11) is 1.57. The fourth-order valence-corrected chi connectivity index (χ4v) is 7.31. The molecule has 1 amide bonds. The molecular formula is C42H34ClNO6. The number of ether oxygens (including phenoxy) is 3. The molecule has 1 fully saturated rings. The highest BCUT2D eigenvalue weighted by molar-refractivity contribution is 6.31. The normalized spacial score (nSPS) is 19.1. The summed E-state index contributed by atoms with van der Waals surface area (Å²) < 4.78 is 19.5. The van der Waals surface area contributed by atoms with Gasteiger partial charge in [0.15, 0.2) is 12.2 Å². The summed E-state index contributed by atoms with van der Waals surface area (Å²) in [6.07, 6.45) is -1.55. The van der Waals surface area contributed by atoms with Gasteiger partial charge >= 0.3 is 11.9 Å². The lowest BCUT2D eigenvalue weighted by Gasteiger charge is -2.38. The van der Waals surface area contributed by atoms with Crippen LogP contribution in [0, 0.1) is 5.41 Å². The third-order valence-electron chi connectivity index (χ3n) is 9.56. The summed E-state index contributed by atoms with van der Waals surface area (Å²) in [6.45, 7) is 3.93. The number of rotatable bonds is 9. The Bertz CT molecular complexity index is 1860. The standard InChI is InChI=1S/C42H34ClNO6/c1-3-33-27-41(42(50-33)34-26-32(43)24-25-35(34)44(2)38(42)45,39(46)48-36(28-16-8-4-9-17-28)29-18-10-5-11-19-29)40(47)49-37(30-20-12-6-13-21-30)31-22-14-7-15-23-31/h3-26,33,36-37H,1,27H2,2H3/t33-,42-/m1/s1. The molecule has 7 nitrogen and oxygen atoms in total. The third-order valence-corrected chi connectivity index (χ3v) is 9.80. The van der Waals surface area contributed by atoms with Gasteiger partial charge in [0.2, 0.25) is 11.0 Å². The predicted molar refractivity (Wildman–Crippen MR) is 190 cm³/mol. The van der Waals surface area contributed by atoms with E-state index in [-0.39, 0.29) is 12.0 Å². The molecule has 250 valence electrons. The van der Waals surface area contributed by atoms with Gasteiger partial charge in [0, 0.05) is 24.1 Å². The van der Waals surface area contributed by atoms with Crippen molar-refractivity contribution in [2.24, 2.45) is 5.41 Å². The van der Waals surface area contributed by atoms with Crippen molar-refractivity contribution in [1.29, 1.82) is 0 Å². The maximum Gasteiger partial charge on any atom is 0.328 e. The Balaban J connectivity index is 1.44. The van der Waals surface area contributed by atoms with E-state index in [0.717, 1.165) is 0 Å². The minimum atomic E-state index is -2.34. The maximum atomic E-state index is 15.3. The van der Waals surface area contributed by atoms with Crippen molar-refractivity contribution in [2.75, 3.05) is 11.9 Å². The second-order valence-electron chi connectivity index (χ2n) is 12.4. The van der Waals surface area contributed by atoms with Crippen LogP contribution >= 0.6 is 11.6 Å². The number of nitrogens with zero attached hydrogens (tertiary/aromatic N) is 1. The zero-order valence-electron chi connectivity index (χ0n) is 27.3. The molecule has 0 saturated carbocycles. The zero-order chi connectivity index (χ0) is 34.9. The molecule has 2 heterocycles. The molecule has 1 spiro atoms. The molecule has 5 aromatic carbocycles. The van der Waals surface area contributed by atoms with E-state index in [2.05, 4.69) is 6.58 Å². The molecule has 8 heteroatoms. The Hall–Kier alpha value is -5.50. The second-order valence-corrected chi connectivity index (χ2v) is 12.9. The molecule has 2 atom stereocenters. The Kier molecular flexibility index (Phi) is 8.87. The molecule has 2 aliphatic heterocycles. The molecule has 0 aliphatic carbocycles. The number of halogens is 1. The monoisotopic (exact) mass is 683 g/mol. The molecule has 5 aromatic rings. The van der Waals surface area contributed by atoms with E-state index in [4.69, 9.17) is 25.8 Å². The van der Waals surface area contributed by atoms with Crippen LogP contribution in [0.5, 0.6) is 0 Å². The van der Waals surface area contributed by atoms with Gasteiger partial charge in [-0.3, -0.25) is 14.4 Å². The van der Waals surface area contributed by atoms with Crippen LogP contribution in [-0.2, 0) is 34.2 Å². The molecule has 0 N–H and O–H groups in total. The van der Waals surface area contributed by atoms with Gasteiger partial charge in [-0.2, -0.15) is 0 Å². The highest BCUT2D eigenvalue weighted by atomic mass is 35.5. The molecule has 0 radical (unpaired) electrons. The van der Waals surface area contributed by atoms with E-state index in [1.165, 1.54) is 11.0 Å². The largest absolute Gasteiger partial charge is 0.452 e. The quantitative estimate of drug-likeness (QED) is 0.0887. The summed E-state index contributed by atoms with van der Waals surface area (Å²) in [5, 5.41) is 0.297. The van der Waals surface area contributed by atoms with Gasteiger partial charge in [-0.1, -0.05) is 139 Å². The van der Waals surface area contributed by atoms with E-state index in [9.17, 15) is 4.79 Å². The number of benzene rings is 5. The van der Waals surface area contributed by atoms with Gasteiger partial charge in [0.25, 0.3) is 5.91 Å². The molecule has 0 bridgehead atoms. The van der Waals surface area contributed by atoms with Crippen LogP contribution in [0.1, 0.15) is 46.4 Å². The number of carbonyl (C=O) groups is 3. The first kappa shape index (κ1) is 33.0. The summed E-state index contributed by atoms with van der Waals surface area (Å²) >= 11 is 6.55. The summed E-state index contributed by atoms with van der Waals surface area (Å²) in [5.74, 6) is -2.57. The van der Waals surface area contributed by atoms with Gasteiger partial charge in [-0.25, -0.2) is 0 Å². The van der Waals surface area contributed by atoms with Gasteiger partial charge in [0.05, 0.1) is 11.8 Å². The van der Waals surface area contributed by atoms with Gasteiger partial charge < -0.3 is 19.1 Å². The van der Waals surface area contributed by atoms with E-state index >= 15 is 9.59 Å². The molecule has 1 saturated heterocycles. The number of carbonyl (C=O) groups excluding carboxylic acids is 3. The van der Waals surface area contributed by atoms with Crippen LogP contribution in [0.3, 0.4) is 0 Å². The minimum absolute atomic E-state index is 0.266. The van der Waals surface area contributed by atoms with E-state index in [1.807, 2.05) is 121 Å². The van der Waals surface area contributed by atoms with E-state index in [1.54, 1.807) is 25.2 Å². The predicted octanol–water partition coefficient (Wildman–Crippen LogP) is 8.14. The van der Waals surface area contributed by atoms with Crippen molar-refractivity contribution in [3.63, 3.8) is 0 Å².